The molecule has 3 N–H and O–H groups in total. The number of β-lactam (4-membered cyclic amide) rings is 1. The molecule has 0 aliphatic carbocycles. The molecule has 2 aromatic carbocycles. The van der Waals surface area contributed by atoms with Gasteiger partial charge in [-0.3, -0.25) is 14.6 Å². The van der Waals surface area contributed by atoms with Gasteiger partial charge in [-0.25, -0.2) is 0 Å². The fraction of sp³-hybridized carbons (Fsp3) is 0.464. The number of thiol groups is 1. The number of fused-ring (bicyclic) bond motifs is 2. The average molecular weight is 526 g/mol. The zero-order chi connectivity index (χ0) is 26.9. The lowest BCUT2D eigenvalue weighted by Gasteiger charge is -2.46. The quantitative estimate of drug-likeness (QED) is 0.104. The first-order valence-corrected chi connectivity index (χ1v) is 13.3. The fourth-order valence-corrected chi connectivity index (χ4v) is 5.69. The maximum atomic E-state index is 12.6. The van der Waals surface area contributed by atoms with Crippen molar-refractivity contribution in [2.45, 2.75) is 32.5 Å². The van der Waals surface area contributed by atoms with Crippen LogP contribution in [0.15, 0.2) is 52.7 Å². The molecule has 8 nitrogen and oxygen atoms in total. The molecule has 0 bridgehead atoms. The Morgan fingerprint density at radius 1 is 1.27 bits per heavy atom. The molecule has 0 radical (unpaired) electrons. The van der Waals surface area contributed by atoms with Gasteiger partial charge in [-0.1, -0.05) is 37.3 Å². The van der Waals surface area contributed by atoms with E-state index in [9.17, 15) is 14.7 Å². The van der Waals surface area contributed by atoms with E-state index in [-0.39, 0.29) is 24.5 Å². The normalized spacial score (nSPS) is 22.8. The van der Waals surface area contributed by atoms with Gasteiger partial charge in [-0.2, -0.15) is 12.6 Å². The van der Waals surface area contributed by atoms with Crippen molar-refractivity contribution in [1.29, 1.82) is 0 Å². The van der Waals surface area contributed by atoms with Crippen molar-refractivity contribution in [2.75, 3.05) is 39.5 Å². The van der Waals surface area contributed by atoms with E-state index in [0.29, 0.717) is 23.8 Å². The van der Waals surface area contributed by atoms with Gasteiger partial charge >= 0.3 is 0 Å². The monoisotopic (exact) mass is 525 g/mol. The van der Waals surface area contributed by atoms with Gasteiger partial charge in [-0.15, -0.1) is 0 Å². The summed E-state index contributed by atoms with van der Waals surface area (Å²) in [6, 6.07) is 12.0. The smallest absolute Gasteiger partial charge is 0.235 e. The minimum atomic E-state index is -0.754. The van der Waals surface area contributed by atoms with Gasteiger partial charge in [0.2, 0.25) is 5.91 Å². The Balaban J connectivity index is 1.53. The number of aldehydes is 1. The van der Waals surface area contributed by atoms with Crippen molar-refractivity contribution in [3.63, 3.8) is 0 Å². The number of allylic oxidation sites excluding steroid dienone is 1. The minimum absolute atomic E-state index is 0.0691. The molecule has 4 atom stereocenters. The van der Waals surface area contributed by atoms with E-state index in [4.69, 9.17) is 10.5 Å². The summed E-state index contributed by atoms with van der Waals surface area (Å²) in [5, 5.41) is 12.2. The van der Waals surface area contributed by atoms with E-state index in [1.54, 1.807) is 6.92 Å². The van der Waals surface area contributed by atoms with Crippen molar-refractivity contribution in [2.24, 2.45) is 22.6 Å². The molecule has 9 heteroatoms. The van der Waals surface area contributed by atoms with Crippen LogP contribution in [0.1, 0.15) is 19.4 Å². The number of benzene rings is 2. The van der Waals surface area contributed by atoms with Gasteiger partial charge in [0, 0.05) is 22.6 Å². The number of aliphatic hydroxyl groups is 1. The molecule has 2 aromatic rings. The van der Waals surface area contributed by atoms with Crippen molar-refractivity contribution in [1.82, 2.24) is 4.90 Å². The average Bonchev–Trinajstić information content (AvgIpc) is 3.09. The van der Waals surface area contributed by atoms with Crippen LogP contribution >= 0.6 is 12.6 Å². The lowest BCUT2D eigenvalue weighted by molar-refractivity contribution is -0.902. The number of hydrogen-bond acceptors (Lipinski definition) is 6. The van der Waals surface area contributed by atoms with Crippen LogP contribution in [-0.2, 0) is 16.1 Å². The van der Waals surface area contributed by atoms with Crippen molar-refractivity contribution in [3.8, 4) is 5.75 Å². The third-order valence-corrected chi connectivity index (χ3v) is 7.93. The Morgan fingerprint density at radius 2 is 1.97 bits per heavy atom. The summed E-state index contributed by atoms with van der Waals surface area (Å²) in [4.78, 5) is 30.4. The Morgan fingerprint density at radius 3 is 2.65 bits per heavy atom. The largest absolute Gasteiger partial charge is 0.489 e. The molecule has 198 valence electrons. The zero-order valence-electron chi connectivity index (χ0n) is 21.9. The summed E-state index contributed by atoms with van der Waals surface area (Å²) >= 11 is 4.16. The molecule has 2 aliphatic rings. The Labute approximate surface area is 223 Å². The molecule has 2 aliphatic heterocycles. The maximum Gasteiger partial charge on any atom is 0.235 e. The predicted molar refractivity (Wildman–Crippen MR) is 149 cm³/mol. The van der Waals surface area contributed by atoms with Gasteiger partial charge in [0.15, 0.2) is 6.29 Å². The van der Waals surface area contributed by atoms with Crippen molar-refractivity contribution >= 4 is 41.4 Å². The highest BCUT2D eigenvalue weighted by Crippen LogP contribution is 2.46. The van der Waals surface area contributed by atoms with Crippen LogP contribution in [0.2, 0.25) is 0 Å². The van der Waals surface area contributed by atoms with E-state index < -0.39 is 12.0 Å². The molecular weight excluding hydrogens is 488 g/mol. The molecule has 2 heterocycles. The molecular formula is C28H37N4O4S+. The van der Waals surface area contributed by atoms with Gasteiger partial charge in [0.05, 0.1) is 50.9 Å². The highest BCUT2D eigenvalue weighted by Gasteiger charge is 2.58. The summed E-state index contributed by atoms with van der Waals surface area (Å²) in [7, 11) is 4.35. The summed E-state index contributed by atoms with van der Waals surface area (Å²) in [6.45, 7) is 6.11. The van der Waals surface area contributed by atoms with Crippen LogP contribution in [0, 0.1) is 11.8 Å². The van der Waals surface area contributed by atoms with E-state index in [2.05, 4.69) is 43.8 Å². The van der Waals surface area contributed by atoms with E-state index in [1.807, 2.05) is 31.2 Å². The van der Waals surface area contributed by atoms with Gasteiger partial charge in [0.25, 0.3) is 0 Å². The summed E-state index contributed by atoms with van der Waals surface area (Å²) in [6.07, 6.45) is -0.0174. The number of rotatable bonds is 11. The fourth-order valence-electron chi connectivity index (χ4n) is 5.59. The third kappa shape index (κ3) is 5.26. The lowest BCUT2D eigenvalue weighted by Crippen LogP contribution is -2.63. The lowest BCUT2D eigenvalue weighted by atomic mass is 9.78. The number of aliphatic imine (C=N–C) groups is 1. The number of likely N-dealkylation sites (N-methyl/N-ethyl adjacent to an activating group) is 1. The first-order valence-electron chi connectivity index (χ1n) is 12.6. The van der Waals surface area contributed by atoms with E-state index in [1.165, 1.54) is 10.5 Å². The Kier molecular flexibility index (Phi) is 7.96. The molecule has 0 saturated carbocycles. The number of nitrogens with zero attached hydrogens (tertiary/aromatic N) is 3. The summed E-state index contributed by atoms with van der Waals surface area (Å²) in [5.74, 6) is 0.992. The summed E-state index contributed by atoms with van der Waals surface area (Å²) in [5.41, 5.74) is 8.17. The molecule has 1 saturated heterocycles. The number of hydrogen-bond donors (Lipinski definition) is 3. The van der Waals surface area contributed by atoms with Crippen molar-refractivity contribution < 1.29 is 23.9 Å². The number of aliphatic hydroxyl groups excluding tert-OH is 1. The molecule has 37 heavy (non-hydrogen) atoms. The maximum absolute atomic E-state index is 12.6. The zero-order valence-corrected chi connectivity index (χ0v) is 22.8. The first-order chi connectivity index (χ1) is 17.6. The number of ether oxygens (including phenoxy) is 1. The minimum Gasteiger partial charge on any atom is -0.489 e. The molecule has 1 fully saturated rings. The molecule has 0 spiro atoms. The van der Waals surface area contributed by atoms with E-state index >= 15 is 0 Å². The molecule has 0 unspecified atom stereocenters. The highest BCUT2D eigenvalue weighted by atomic mass is 32.1. The number of nitrogens with two attached hydrogens (primary N) is 1. The second kappa shape index (κ2) is 10.8. The Hall–Kier alpha value is -2.88. The number of carbonyl (C=O) groups excluding carboxylic acids is 2. The van der Waals surface area contributed by atoms with Crippen LogP contribution in [0.3, 0.4) is 0 Å². The highest BCUT2D eigenvalue weighted by molar-refractivity contribution is 7.81. The van der Waals surface area contributed by atoms with E-state index in [0.717, 1.165) is 46.0 Å². The van der Waals surface area contributed by atoms with Crippen LogP contribution in [0.25, 0.3) is 10.8 Å². The van der Waals surface area contributed by atoms with Crippen LogP contribution < -0.4 is 10.5 Å². The van der Waals surface area contributed by atoms with Gasteiger partial charge in [-0.05, 0) is 23.9 Å². The van der Waals surface area contributed by atoms with Crippen LogP contribution in [0.5, 0.6) is 5.75 Å². The topological polar surface area (TPSA) is 105 Å². The summed E-state index contributed by atoms with van der Waals surface area (Å²) < 4.78 is 7.03. The van der Waals surface area contributed by atoms with Crippen molar-refractivity contribution in [3.05, 3.63) is 53.2 Å². The second-order valence-corrected chi connectivity index (χ2v) is 11.0. The SMILES string of the molecule is C[C@@H](O)[C@H]1C(=O)N2C(C=O)=C(COc3cccc4c(C[N+](C)(C)CCN=C(N)CS)cccc34)[C@H](C)[C@H]12. The second-order valence-electron chi connectivity index (χ2n) is 10.7. The number of amides is 1. The third-order valence-electron chi connectivity index (χ3n) is 7.61. The van der Waals surface area contributed by atoms with Gasteiger partial charge < -0.3 is 25.0 Å². The van der Waals surface area contributed by atoms with Crippen LogP contribution in [-0.4, -0.2) is 84.2 Å². The number of quaternary nitrogens is 1. The molecule has 4 rings (SSSR count). The van der Waals surface area contributed by atoms with Gasteiger partial charge in [0.1, 0.15) is 24.7 Å². The predicted octanol–water partition coefficient (Wildman–Crippen LogP) is 2.39. The number of amidine groups is 1. The number of carbonyl (C=O) groups is 2. The first kappa shape index (κ1) is 27.2. The Bertz CT molecular complexity index is 1260. The van der Waals surface area contributed by atoms with Crippen LogP contribution in [0.4, 0.5) is 0 Å². The molecule has 0 aromatic heterocycles. The molecule has 1 amide bonds. The standard InChI is InChI=1S/C28H36N4O4S/c1-17-22(23(14-33)31-27(17)26(18(2)34)28(31)35)15-36-24-10-6-8-20-19(7-5-9-21(20)24)13-32(3,4)12-11-30-25(29)16-37/h5-10,14,17-18,26-27,34H,11-13,15-16H2,1-4H3,(H2-,29,30,37)/p+1/t17-,18+,26+,27+/m0/s1.